The standard InChI is InChI=1S/C17H12Cl2N2O2S/c1-7-11(8(2)22)6-12-14(20)16(24-17(12)21-7)15(23)10-4-3-9(18)5-13(10)19/h3-6H,20H2,1-2H3. The first-order chi connectivity index (χ1) is 11.3. The van der Waals surface area contributed by atoms with Crippen LogP contribution >= 0.6 is 34.5 Å². The molecule has 4 nitrogen and oxygen atoms in total. The van der Waals surface area contributed by atoms with Crippen LogP contribution in [0.5, 0.6) is 0 Å². The summed E-state index contributed by atoms with van der Waals surface area (Å²) in [5.41, 5.74) is 7.88. The summed E-state index contributed by atoms with van der Waals surface area (Å²) in [6, 6.07) is 6.36. The zero-order chi connectivity index (χ0) is 17.6. The number of nitrogens with two attached hydrogens (primary N) is 1. The number of ketones is 2. The molecule has 0 saturated heterocycles. The maximum Gasteiger partial charge on any atom is 0.206 e. The van der Waals surface area contributed by atoms with Gasteiger partial charge in [0.2, 0.25) is 5.78 Å². The van der Waals surface area contributed by atoms with Crippen LogP contribution in [0.25, 0.3) is 10.2 Å². The predicted octanol–water partition coefficient (Wildman–Crippen LogP) is 4.93. The fraction of sp³-hybridized carbons (Fsp3) is 0.118. The summed E-state index contributed by atoms with van der Waals surface area (Å²) < 4.78 is 0. The average Bonchev–Trinajstić information content (AvgIpc) is 2.82. The number of Topliss-reactive ketones (excluding diaryl/α,β-unsaturated/α-hetero) is 1. The van der Waals surface area contributed by atoms with E-state index in [4.69, 9.17) is 28.9 Å². The van der Waals surface area contributed by atoms with Crippen LogP contribution in [0, 0.1) is 6.92 Å². The summed E-state index contributed by atoms with van der Waals surface area (Å²) in [6.45, 7) is 3.22. The second-order valence-electron chi connectivity index (χ2n) is 5.33. The molecular formula is C17H12Cl2N2O2S. The van der Waals surface area contributed by atoms with E-state index in [-0.39, 0.29) is 16.6 Å². The molecule has 0 aliphatic heterocycles. The molecule has 0 aliphatic rings. The quantitative estimate of drug-likeness (QED) is 0.655. The van der Waals surface area contributed by atoms with Gasteiger partial charge in [-0.2, -0.15) is 0 Å². The van der Waals surface area contributed by atoms with Gasteiger partial charge in [-0.1, -0.05) is 23.2 Å². The van der Waals surface area contributed by atoms with Crippen LogP contribution in [0.4, 0.5) is 5.69 Å². The van der Waals surface area contributed by atoms with E-state index in [1.807, 2.05) is 0 Å². The van der Waals surface area contributed by atoms with E-state index in [0.717, 1.165) is 0 Å². The smallest absolute Gasteiger partial charge is 0.206 e. The highest BCUT2D eigenvalue weighted by atomic mass is 35.5. The number of thiophene rings is 1. The Bertz CT molecular complexity index is 1010. The normalized spacial score (nSPS) is 11.0. The Morgan fingerprint density at radius 1 is 1.17 bits per heavy atom. The number of pyridine rings is 1. The Labute approximate surface area is 152 Å². The van der Waals surface area contributed by atoms with Crippen molar-refractivity contribution < 1.29 is 9.59 Å². The molecule has 0 aliphatic carbocycles. The maximum absolute atomic E-state index is 12.8. The summed E-state index contributed by atoms with van der Waals surface area (Å²) in [6.07, 6.45) is 0. The molecule has 1 aromatic carbocycles. The molecule has 3 aromatic rings. The van der Waals surface area contributed by atoms with Gasteiger partial charge in [0.25, 0.3) is 0 Å². The van der Waals surface area contributed by atoms with Crippen molar-refractivity contribution in [3.63, 3.8) is 0 Å². The van der Waals surface area contributed by atoms with E-state index in [9.17, 15) is 9.59 Å². The van der Waals surface area contributed by atoms with E-state index >= 15 is 0 Å². The van der Waals surface area contributed by atoms with Gasteiger partial charge in [-0.05, 0) is 38.1 Å². The number of fused-ring (bicyclic) bond motifs is 1. The van der Waals surface area contributed by atoms with Crippen molar-refractivity contribution in [3.05, 3.63) is 56.0 Å². The van der Waals surface area contributed by atoms with Crippen molar-refractivity contribution in [3.8, 4) is 0 Å². The zero-order valence-corrected chi connectivity index (χ0v) is 15.1. The highest BCUT2D eigenvalue weighted by molar-refractivity contribution is 7.21. The molecule has 122 valence electrons. The van der Waals surface area contributed by atoms with E-state index < -0.39 is 0 Å². The van der Waals surface area contributed by atoms with Crippen LogP contribution in [0.3, 0.4) is 0 Å². The number of carbonyl (C=O) groups is 2. The Balaban J connectivity index is 2.18. The SMILES string of the molecule is CC(=O)c1cc2c(N)c(C(=O)c3ccc(Cl)cc3Cl)sc2nc1C. The molecule has 0 saturated carbocycles. The topological polar surface area (TPSA) is 73.1 Å². The summed E-state index contributed by atoms with van der Waals surface area (Å²) in [5, 5.41) is 1.31. The van der Waals surface area contributed by atoms with Crippen LogP contribution in [0.15, 0.2) is 24.3 Å². The molecule has 7 heteroatoms. The van der Waals surface area contributed by atoms with Gasteiger partial charge in [0.15, 0.2) is 5.78 Å². The molecule has 3 rings (SSSR count). The van der Waals surface area contributed by atoms with Gasteiger partial charge in [-0.25, -0.2) is 4.98 Å². The van der Waals surface area contributed by atoms with Crippen molar-refractivity contribution in [2.45, 2.75) is 13.8 Å². The molecule has 0 unspecified atom stereocenters. The van der Waals surface area contributed by atoms with Crippen LogP contribution in [0.1, 0.15) is 38.2 Å². The number of rotatable bonds is 3. The molecule has 0 amide bonds. The Hall–Kier alpha value is -1.95. The van der Waals surface area contributed by atoms with Crippen LogP contribution in [-0.4, -0.2) is 16.6 Å². The third kappa shape index (κ3) is 2.79. The maximum atomic E-state index is 12.8. The third-order valence-corrected chi connectivity index (χ3v) is 5.33. The minimum atomic E-state index is -0.292. The Kier molecular flexibility index (Phi) is 4.34. The van der Waals surface area contributed by atoms with Gasteiger partial charge < -0.3 is 5.73 Å². The fourth-order valence-corrected chi connectivity index (χ4v) is 4.02. The second-order valence-corrected chi connectivity index (χ2v) is 7.17. The lowest BCUT2D eigenvalue weighted by atomic mass is 10.1. The number of benzene rings is 1. The number of hydrogen-bond donors (Lipinski definition) is 1. The van der Waals surface area contributed by atoms with Gasteiger partial charge in [0.05, 0.1) is 10.7 Å². The average molecular weight is 379 g/mol. The van der Waals surface area contributed by atoms with E-state index in [1.54, 1.807) is 25.1 Å². The number of hydrogen-bond acceptors (Lipinski definition) is 5. The summed E-state index contributed by atoms with van der Waals surface area (Å²) in [5.74, 6) is -0.389. The molecule has 0 bridgehead atoms. The van der Waals surface area contributed by atoms with Gasteiger partial charge in [-0.3, -0.25) is 9.59 Å². The number of nitrogen functional groups attached to an aromatic ring is 1. The minimum Gasteiger partial charge on any atom is -0.397 e. The third-order valence-electron chi connectivity index (χ3n) is 3.67. The van der Waals surface area contributed by atoms with Crippen molar-refractivity contribution in [1.82, 2.24) is 4.98 Å². The molecular weight excluding hydrogens is 367 g/mol. The molecule has 24 heavy (non-hydrogen) atoms. The zero-order valence-electron chi connectivity index (χ0n) is 12.8. The van der Waals surface area contributed by atoms with Crippen LogP contribution < -0.4 is 5.73 Å². The monoisotopic (exact) mass is 378 g/mol. The predicted molar refractivity (Wildman–Crippen MR) is 98.7 cm³/mol. The van der Waals surface area contributed by atoms with Crippen molar-refractivity contribution in [1.29, 1.82) is 0 Å². The van der Waals surface area contributed by atoms with E-state index in [0.29, 0.717) is 42.6 Å². The minimum absolute atomic E-state index is 0.0962. The highest BCUT2D eigenvalue weighted by Crippen LogP contribution is 2.36. The summed E-state index contributed by atoms with van der Waals surface area (Å²) >= 11 is 13.2. The van der Waals surface area contributed by atoms with Crippen molar-refractivity contribution in [2.24, 2.45) is 0 Å². The fourth-order valence-electron chi connectivity index (χ4n) is 2.45. The highest BCUT2D eigenvalue weighted by Gasteiger charge is 2.22. The van der Waals surface area contributed by atoms with Crippen LogP contribution in [-0.2, 0) is 0 Å². The van der Waals surface area contributed by atoms with Gasteiger partial charge in [0, 0.05) is 27.2 Å². The Morgan fingerprint density at radius 3 is 2.50 bits per heavy atom. The molecule has 0 atom stereocenters. The molecule has 0 spiro atoms. The number of anilines is 1. The first-order valence-corrected chi connectivity index (χ1v) is 8.57. The number of aromatic nitrogens is 1. The van der Waals surface area contributed by atoms with Crippen LogP contribution in [0.2, 0.25) is 10.0 Å². The van der Waals surface area contributed by atoms with E-state index in [1.165, 1.54) is 24.3 Å². The first kappa shape index (κ1) is 16.9. The number of nitrogens with zero attached hydrogens (tertiary/aromatic N) is 1. The molecule has 2 aromatic heterocycles. The Morgan fingerprint density at radius 2 is 1.88 bits per heavy atom. The molecule has 0 radical (unpaired) electrons. The van der Waals surface area contributed by atoms with Gasteiger partial charge in [-0.15, -0.1) is 11.3 Å². The molecule has 2 heterocycles. The summed E-state index contributed by atoms with van der Waals surface area (Å²) in [4.78, 5) is 29.8. The lowest BCUT2D eigenvalue weighted by Crippen LogP contribution is -2.03. The largest absolute Gasteiger partial charge is 0.397 e. The lowest BCUT2D eigenvalue weighted by molar-refractivity contribution is 0.101. The van der Waals surface area contributed by atoms with E-state index in [2.05, 4.69) is 4.98 Å². The van der Waals surface area contributed by atoms with Crippen molar-refractivity contribution >= 4 is 62.0 Å². The van der Waals surface area contributed by atoms with Gasteiger partial charge >= 0.3 is 0 Å². The van der Waals surface area contributed by atoms with Gasteiger partial charge in [0.1, 0.15) is 9.71 Å². The second kappa shape index (κ2) is 6.16. The first-order valence-electron chi connectivity index (χ1n) is 7.00. The molecule has 0 fully saturated rings. The number of aryl methyl sites for hydroxylation is 1. The summed E-state index contributed by atoms with van der Waals surface area (Å²) in [7, 11) is 0. The lowest BCUT2D eigenvalue weighted by Gasteiger charge is -2.03. The molecule has 2 N–H and O–H groups in total. The number of halogens is 2. The van der Waals surface area contributed by atoms with Crippen molar-refractivity contribution in [2.75, 3.05) is 5.73 Å². The number of carbonyl (C=O) groups excluding carboxylic acids is 2.